The van der Waals surface area contributed by atoms with E-state index in [2.05, 4.69) is 0 Å². The molecular weight excluding hydrogens is 282 g/mol. The van der Waals surface area contributed by atoms with E-state index in [-0.39, 0.29) is 11.1 Å². The van der Waals surface area contributed by atoms with Gasteiger partial charge in [-0.15, -0.1) is 0 Å². The molecule has 0 aromatic rings. The van der Waals surface area contributed by atoms with Gasteiger partial charge in [0.05, 0.1) is 5.41 Å². The molecule has 0 fully saturated rings. The second kappa shape index (κ2) is 5.18. The van der Waals surface area contributed by atoms with Crippen molar-refractivity contribution in [3.05, 3.63) is 35.5 Å². The maximum atomic E-state index is 14.1. The molecule has 1 rings (SSSR count). The second-order valence-electron chi connectivity index (χ2n) is 5.72. The van der Waals surface area contributed by atoms with Crippen molar-refractivity contribution in [3.63, 3.8) is 0 Å². The fraction of sp³-hybridized carbons (Fsp3) is 0.467. The molecule has 0 amide bonds. The first kappa shape index (κ1) is 17.2. The van der Waals surface area contributed by atoms with E-state index >= 15 is 0 Å². The Morgan fingerprint density at radius 2 is 1.86 bits per heavy atom. The average Bonchev–Trinajstić information content (AvgIpc) is 2.32. The Morgan fingerprint density at radius 1 is 1.33 bits per heavy atom. The van der Waals surface area contributed by atoms with Crippen LogP contribution in [0.3, 0.4) is 0 Å². The first-order valence-electron chi connectivity index (χ1n) is 6.30. The lowest BCUT2D eigenvalue weighted by atomic mass is 9.62. The first-order valence-corrected chi connectivity index (χ1v) is 6.30. The lowest BCUT2D eigenvalue weighted by Gasteiger charge is -2.47. The highest BCUT2D eigenvalue weighted by molar-refractivity contribution is 5.99. The van der Waals surface area contributed by atoms with Crippen LogP contribution in [0.25, 0.3) is 0 Å². The van der Waals surface area contributed by atoms with Gasteiger partial charge < -0.3 is 10.2 Å². The average molecular weight is 300 g/mol. The van der Waals surface area contributed by atoms with E-state index in [4.69, 9.17) is 5.11 Å². The third-order valence-corrected chi connectivity index (χ3v) is 3.93. The van der Waals surface area contributed by atoms with Crippen LogP contribution in [0.2, 0.25) is 0 Å². The molecule has 0 aromatic heterocycles. The zero-order valence-corrected chi connectivity index (χ0v) is 12.3. The summed E-state index contributed by atoms with van der Waals surface area (Å²) in [6.45, 7) is 5.05. The number of carboxylic acid groups (broad SMARTS) is 1. The van der Waals surface area contributed by atoms with Crippen molar-refractivity contribution in [3.8, 4) is 0 Å². The number of halogens is 2. The zero-order chi connectivity index (χ0) is 16.6. The van der Waals surface area contributed by atoms with E-state index in [0.29, 0.717) is 0 Å². The van der Waals surface area contributed by atoms with Crippen molar-refractivity contribution in [2.75, 3.05) is 0 Å². The van der Waals surface area contributed by atoms with Crippen LogP contribution in [0.5, 0.6) is 0 Å². The molecule has 0 saturated heterocycles. The Balaban J connectivity index is 3.37. The van der Waals surface area contributed by atoms with Crippen LogP contribution in [-0.4, -0.2) is 33.5 Å². The summed E-state index contributed by atoms with van der Waals surface area (Å²) >= 11 is 0. The highest BCUT2D eigenvalue weighted by Crippen LogP contribution is 2.52. The molecule has 1 atom stereocenters. The summed E-state index contributed by atoms with van der Waals surface area (Å²) in [6.07, 6.45) is 3.97. The standard InChI is InChI=1S/C15H18F2O4/c1-9(7-12(19)20)5-6-14(21)10(2)8-11(18)15(16,17)13(14,3)4/h5-8,21H,1-4H3,(H,19,20)/b6-5+,9-7-/t14-/m1/s1. The Morgan fingerprint density at radius 3 is 2.33 bits per heavy atom. The number of hydrogen-bond acceptors (Lipinski definition) is 3. The van der Waals surface area contributed by atoms with Crippen LogP contribution in [0, 0.1) is 5.41 Å². The van der Waals surface area contributed by atoms with Gasteiger partial charge in [-0.05, 0) is 37.1 Å². The van der Waals surface area contributed by atoms with Crippen molar-refractivity contribution in [2.45, 2.75) is 39.2 Å². The third-order valence-electron chi connectivity index (χ3n) is 3.93. The van der Waals surface area contributed by atoms with E-state index in [1.807, 2.05) is 0 Å². The molecule has 4 nitrogen and oxygen atoms in total. The molecular formula is C15H18F2O4. The zero-order valence-electron chi connectivity index (χ0n) is 12.3. The predicted octanol–water partition coefficient (Wildman–Crippen LogP) is 2.50. The van der Waals surface area contributed by atoms with Gasteiger partial charge in [-0.25, -0.2) is 4.79 Å². The molecule has 0 bridgehead atoms. The second-order valence-corrected chi connectivity index (χ2v) is 5.72. The van der Waals surface area contributed by atoms with E-state index in [1.54, 1.807) is 0 Å². The van der Waals surface area contributed by atoms with Crippen LogP contribution < -0.4 is 0 Å². The number of aliphatic carboxylic acids is 1. The number of hydrogen-bond donors (Lipinski definition) is 2. The van der Waals surface area contributed by atoms with Gasteiger partial charge in [-0.2, -0.15) is 8.78 Å². The summed E-state index contributed by atoms with van der Waals surface area (Å²) in [7, 11) is 0. The fourth-order valence-corrected chi connectivity index (χ4v) is 2.27. The van der Waals surface area contributed by atoms with Crippen LogP contribution in [0.15, 0.2) is 35.5 Å². The fourth-order valence-electron chi connectivity index (χ4n) is 2.27. The van der Waals surface area contributed by atoms with Crippen LogP contribution in [0.1, 0.15) is 27.7 Å². The summed E-state index contributed by atoms with van der Waals surface area (Å²) in [4.78, 5) is 22.0. The normalized spacial score (nSPS) is 28.6. The SMILES string of the molecule is CC1=CC(=O)C(F)(F)C(C)(C)[C@@]1(O)/C=C/C(C)=C\C(=O)O. The van der Waals surface area contributed by atoms with E-state index in [1.165, 1.54) is 19.9 Å². The molecule has 21 heavy (non-hydrogen) atoms. The Labute approximate surface area is 121 Å². The van der Waals surface area contributed by atoms with Gasteiger partial charge in [-0.1, -0.05) is 19.9 Å². The van der Waals surface area contributed by atoms with Crippen molar-refractivity contribution in [1.29, 1.82) is 0 Å². The predicted molar refractivity (Wildman–Crippen MR) is 73.0 cm³/mol. The number of carbonyl (C=O) groups excluding carboxylic acids is 1. The monoisotopic (exact) mass is 300 g/mol. The number of alkyl halides is 2. The maximum absolute atomic E-state index is 14.1. The number of allylic oxidation sites excluding steroid dienone is 3. The highest BCUT2D eigenvalue weighted by atomic mass is 19.3. The highest BCUT2D eigenvalue weighted by Gasteiger charge is 2.64. The molecule has 0 aliphatic heterocycles. The van der Waals surface area contributed by atoms with Crippen LogP contribution in [-0.2, 0) is 9.59 Å². The number of carbonyl (C=O) groups is 2. The van der Waals surface area contributed by atoms with Gasteiger partial charge in [0.1, 0.15) is 5.60 Å². The number of aliphatic hydroxyl groups is 1. The number of rotatable bonds is 3. The number of ketones is 1. The van der Waals surface area contributed by atoms with Crippen molar-refractivity contribution >= 4 is 11.8 Å². The van der Waals surface area contributed by atoms with Gasteiger partial charge in [-0.3, -0.25) is 4.79 Å². The molecule has 0 aromatic carbocycles. The number of carboxylic acids is 1. The van der Waals surface area contributed by atoms with Gasteiger partial charge >= 0.3 is 11.9 Å². The lowest BCUT2D eigenvalue weighted by Crippen LogP contribution is -2.60. The molecule has 116 valence electrons. The lowest BCUT2D eigenvalue weighted by molar-refractivity contribution is -0.186. The van der Waals surface area contributed by atoms with Gasteiger partial charge in [0.25, 0.3) is 0 Å². The Kier molecular flexibility index (Phi) is 4.25. The minimum Gasteiger partial charge on any atom is -0.478 e. The van der Waals surface area contributed by atoms with E-state index in [0.717, 1.165) is 32.1 Å². The van der Waals surface area contributed by atoms with Crippen molar-refractivity contribution < 1.29 is 28.6 Å². The van der Waals surface area contributed by atoms with Gasteiger partial charge in [0.2, 0.25) is 5.78 Å². The molecule has 1 aliphatic carbocycles. The quantitative estimate of drug-likeness (QED) is 0.620. The van der Waals surface area contributed by atoms with E-state index in [9.17, 15) is 23.5 Å². The smallest absolute Gasteiger partial charge is 0.328 e. The molecule has 2 N–H and O–H groups in total. The van der Waals surface area contributed by atoms with Gasteiger partial charge in [0, 0.05) is 6.08 Å². The molecule has 0 saturated carbocycles. The Hall–Kier alpha value is -1.82. The van der Waals surface area contributed by atoms with Crippen molar-refractivity contribution in [2.24, 2.45) is 5.41 Å². The van der Waals surface area contributed by atoms with Crippen molar-refractivity contribution in [1.82, 2.24) is 0 Å². The molecule has 6 heteroatoms. The molecule has 0 spiro atoms. The Bertz CT molecular complexity index is 570. The van der Waals surface area contributed by atoms with Crippen LogP contribution in [0.4, 0.5) is 8.78 Å². The minimum absolute atomic E-state index is 0.0859. The molecule has 0 radical (unpaired) electrons. The molecule has 0 heterocycles. The van der Waals surface area contributed by atoms with Gasteiger partial charge in [0.15, 0.2) is 0 Å². The maximum Gasteiger partial charge on any atom is 0.328 e. The topological polar surface area (TPSA) is 74.6 Å². The van der Waals surface area contributed by atoms with E-state index < -0.39 is 28.7 Å². The molecule has 0 unspecified atom stereocenters. The summed E-state index contributed by atoms with van der Waals surface area (Å²) in [5, 5.41) is 19.3. The first-order chi connectivity index (χ1) is 9.36. The largest absolute Gasteiger partial charge is 0.478 e. The summed E-state index contributed by atoms with van der Waals surface area (Å²) in [6, 6.07) is 0. The summed E-state index contributed by atoms with van der Waals surface area (Å²) in [5.74, 6) is -6.25. The molecule has 1 aliphatic rings. The summed E-state index contributed by atoms with van der Waals surface area (Å²) < 4.78 is 28.2. The third kappa shape index (κ3) is 2.68. The van der Waals surface area contributed by atoms with Crippen LogP contribution >= 0.6 is 0 Å². The summed E-state index contributed by atoms with van der Waals surface area (Å²) in [5.41, 5.74) is -3.75. The minimum atomic E-state index is -3.73.